The molecule has 1 heterocycles. The summed E-state index contributed by atoms with van der Waals surface area (Å²) in [6, 6.07) is 18.7. The first-order valence-corrected chi connectivity index (χ1v) is 8.24. The number of hydrogen-bond acceptors (Lipinski definition) is 4. The van der Waals surface area contributed by atoms with E-state index in [2.05, 4.69) is 0 Å². The Balaban J connectivity index is 2.42. The van der Waals surface area contributed by atoms with Gasteiger partial charge in [-0.05, 0) is 17.7 Å². The van der Waals surface area contributed by atoms with Gasteiger partial charge in [-0.15, -0.1) is 0 Å². The van der Waals surface area contributed by atoms with Crippen LogP contribution >= 0.6 is 0 Å². The van der Waals surface area contributed by atoms with Crippen LogP contribution in [0.3, 0.4) is 0 Å². The molecule has 0 fully saturated rings. The second kappa shape index (κ2) is 5.57. The minimum atomic E-state index is -3.71. The maximum absolute atomic E-state index is 12.9. The Kier molecular flexibility index (Phi) is 3.57. The Morgan fingerprint density at radius 2 is 1.48 bits per heavy atom. The van der Waals surface area contributed by atoms with E-state index in [9.17, 15) is 18.9 Å². The van der Waals surface area contributed by atoms with Gasteiger partial charge in [-0.2, -0.15) is 10.5 Å². The summed E-state index contributed by atoms with van der Waals surface area (Å²) in [6.45, 7) is 0. The van der Waals surface area contributed by atoms with Crippen LogP contribution in [-0.2, 0) is 9.84 Å². The molecule has 0 amide bonds. The van der Waals surface area contributed by atoms with E-state index in [0.717, 1.165) is 0 Å². The highest BCUT2D eigenvalue weighted by atomic mass is 32.2. The molecule has 0 saturated carbocycles. The molecule has 1 aliphatic heterocycles. The van der Waals surface area contributed by atoms with Crippen LogP contribution in [0.2, 0.25) is 0 Å². The number of fused-ring (bicyclic) bond motifs is 1. The second-order valence-corrected chi connectivity index (χ2v) is 6.77. The molecule has 2 aromatic carbocycles. The zero-order chi connectivity index (χ0) is 16.4. The van der Waals surface area contributed by atoms with Crippen LogP contribution in [0.25, 0.3) is 10.5 Å². The zero-order valence-corrected chi connectivity index (χ0v) is 12.7. The van der Waals surface area contributed by atoms with Gasteiger partial charge in [-0.25, -0.2) is 8.42 Å². The van der Waals surface area contributed by atoms with Gasteiger partial charge in [-0.3, -0.25) is 0 Å². The standard InChI is InChI=1S/C18H10N2O2S/c19-11-14(12-20)16-10-18(13-6-2-1-3-7-13)23(21,22)17-9-5-4-8-15(16)17/h1-10H. The first-order chi connectivity index (χ1) is 11.1. The Labute approximate surface area is 134 Å². The largest absolute Gasteiger partial charge is 0.218 e. The highest BCUT2D eigenvalue weighted by molar-refractivity contribution is 8.00. The van der Waals surface area contributed by atoms with Crippen molar-refractivity contribution in [3.8, 4) is 12.1 Å². The topological polar surface area (TPSA) is 81.7 Å². The van der Waals surface area contributed by atoms with Crippen molar-refractivity contribution in [1.82, 2.24) is 0 Å². The van der Waals surface area contributed by atoms with Crippen molar-refractivity contribution in [2.45, 2.75) is 4.90 Å². The van der Waals surface area contributed by atoms with Crippen molar-refractivity contribution in [3.63, 3.8) is 0 Å². The van der Waals surface area contributed by atoms with Crippen LogP contribution in [-0.4, -0.2) is 8.42 Å². The van der Waals surface area contributed by atoms with Crippen LogP contribution < -0.4 is 0 Å². The molecule has 0 aromatic heterocycles. The van der Waals surface area contributed by atoms with Gasteiger partial charge >= 0.3 is 0 Å². The molecule has 4 nitrogen and oxygen atoms in total. The molecule has 0 atom stereocenters. The molecule has 0 saturated heterocycles. The van der Waals surface area contributed by atoms with Crippen LogP contribution in [0.1, 0.15) is 11.1 Å². The number of allylic oxidation sites excluding steroid dienone is 3. The average Bonchev–Trinajstić information content (AvgIpc) is 2.58. The number of benzene rings is 2. The number of rotatable bonds is 1. The molecule has 0 radical (unpaired) electrons. The smallest absolute Gasteiger partial charge is 0.207 e. The summed E-state index contributed by atoms with van der Waals surface area (Å²) in [5.74, 6) is 0. The van der Waals surface area contributed by atoms with E-state index in [0.29, 0.717) is 16.7 Å². The summed E-state index contributed by atoms with van der Waals surface area (Å²) in [7, 11) is -3.71. The number of sulfone groups is 1. The molecule has 0 unspecified atom stereocenters. The van der Waals surface area contributed by atoms with Crippen LogP contribution in [0, 0.1) is 22.7 Å². The predicted octanol–water partition coefficient (Wildman–Crippen LogP) is 3.32. The molecule has 3 rings (SSSR count). The second-order valence-electron chi connectivity index (χ2n) is 4.89. The first kappa shape index (κ1) is 14.8. The summed E-state index contributed by atoms with van der Waals surface area (Å²) in [6.07, 6.45) is 1.41. The minimum absolute atomic E-state index is 0.0924. The lowest BCUT2D eigenvalue weighted by Gasteiger charge is -2.20. The summed E-state index contributed by atoms with van der Waals surface area (Å²) in [5, 5.41) is 18.4. The van der Waals surface area contributed by atoms with Crippen molar-refractivity contribution in [2.75, 3.05) is 0 Å². The lowest BCUT2D eigenvalue weighted by atomic mass is 9.99. The predicted molar refractivity (Wildman–Crippen MR) is 86.2 cm³/mol. The third-order valence-corrected chi connectivity index (χ3v) is 5.45. The molecular formula is C18H10N2O2S. The molecule has 2 aromatic rings. The van der Waals surface area contributed by atoms with E-state index in [1.54, 1.807) is 48.5 Å². The van der Waals surface area contributed by atoms with Gasteiger partial charge in [0.1, 0.15) is 17.7 Å². The third-order valence-electron chi connectivity index (χ3n) is 3.58. The summed E-state index contributed by atoms with van der Waals surface area (Å²) in [5.41, 5.74) is 1.13. The fourth-order valence-electron chi connectivity index (χ4n) is 2.52. The number of nitrogens with zero attached hydrogens (tertiary/aromatic N) is 2. The SMILES string of the molecule is N#CC(C#N)=C1C=C(c2ccccc2)S(=O)(=O)c2ccccc21. The molecular weight excluding hydrogens is 308 g/mol. The van der Waals surface area contributed by atoms with Crippen LogP contribution in [0.5, 0.6) is 0 Å². The number of hydrogen-bond donors (Lipinski definition) is 0. The molecule has 1 aliphatic rings. The summed E-state index contributed by atoms with van der Waals surface area (Å²) < 4.78 is 25.8. The van der Waals surface area contributed by atoms with E-state index in [-0.39, 0.29) is 15.4 Å². The van der Waals surface area contributed by atoms with Gasteiger partial charge in [0.05, 0.1) is 9.80 Å². The monoisotopic (exact) mass is 318 g/mol. The van der Waals surface area contributed by atoms with Gasteiger partial charge in [-0.1, -0.05) is 48.5 Å². The first-order valence-electron chi connectivity index (χ1n) is 6.75. The minimum Gasteiger partial charge on any atom is -0.218 e. The van der Waals surface area contributed by atoms with Crippen molar-refractivity contribution in [1.29, 1.82) is 10.5 Å². The lowest BCUT2D eigenvalue weighted by molar-refractivity contribution is 0.605. The fraction of sp³-hybridized carbons (Fsp3) is 0. The Bertz CT molecular complexity index is 1020. The lowest BCUT2D eigenvalue weighted by Crippen LogP contribution is -2.12. The average molecular weight is 318 g/mol. The fourth-order valence-corrected chi connectivity index (χ4v) is 4.20. The molecule has 0 N–H and O–H groups in total. The normalized spacial score (nSPS) is 14.9. The Morgan fingerprint density at radius 3 is 2.13 bits per heavy atom. The van der Waals surface area contributed by atoms with Crippen LogP contribution in [0.15, 0.2) is 71.1 Å². The van der Waals surface area contributed by atoms with Gasteiger partial charge < -0.3 is 0 Å². The zero-order valence-electron chi connectivity index (χ0n) is 11.9. The molecule has 23 heavy (non-hydrogen) atoms. The summed E-state index contributed by atoms with van der Waals surface area (Å²) >= 11 is 0. The highest BCUT2D eigenvalue weighted by Gasteiger charge is 2.31. The van der Waals surface area contributed by atoms with Gasteiger partial charge in [0.2, 0.25) is 9.84 Å². The highest BCUT2D eigenvalue weighted by Crippen LogP contribution is 2.40. The van der Waals surface area contributed by atoms with E-state index in [4.69, 9.17) is 0 Å². The van der Waals surface area contributed by atoms with Crippen molar-refractivity contribution in [3.05, 3.63) is 77.4 Å². The number of nitriles is 2. The molecule has 110 valence electrons. The maximum atomic E-state index is 12.9. The van der Waals surface area contributed by atoms with E-state index in [1.165, 1.54) is 12.1 Å². The quantitative estimate of drug-likeness (QED) is 0.755. The van der Waals surface area contributed by atoms with Gasteiger partial charge in [0.25, 0.3) is 0 Å². The van der Waals surface area contributed by atoms with Crippen LogP contribution in [0.4, 0.5) is 0 Å². The van der Waals surface area contributed by atoms with Crippen molar-refractivity contribution in [2.24, 2.45) is 0 Å². The van der Waals surface area contributed by atoms with E-state index < -0.39 is 9.84 Å². The van der Waals surface area contributed by atoms with E-state index >= 15 is 0 Å². The maximum Gasteiger partial charge on any atom is 0.207 e. The van der Waals surface area contributed by atoms with Crippen molar-refractivity contribution < 1.29 is 8.42 Å². The summed E-state index contributed by atoms with van der Waals surface area (Å²) in [4.78, 5) is 0.203. The Hall–Kier alpha value is -3.15. The van der Waals surface area contributed by atoms with Gasteiger partial charge in [0, 0.05) is 11.1 Å². The van der Waals surface area contributed by atoms with E-state index in [1.807, 2.05) is 12.1 Å². The third kappa shape index (κ3) is 2.34. The van der Waals surface area contributed by atoms with Crippen molar-refractivity contribution >= 4 is 20.3 Å². The molecule has 0 aliphatic carbocycles. The molecule has 5 heteroatoms. The van der Waals surface area contributed by atoms with Gasteiger partial charge in [0.15, 0.2) is 0 Å². The molecule has 0 bridgehead atoms. The molecule has 0 spiro atoms. The Morgan fingerprint density at radius 1 is 0.870 bits per heavy atom.